The maximum absolute atomic E-state index is 7.81. The average molecular weight is 1890 g/mol. The summed E-state index contributed by atoms with van der Waals surface area (Å²) in [6.45, 7) is -0.528. The van der Waals surface area contributed by atoms with Gasteiger partial charge in [-0.15, -0.1) is 0 Å². The summed E-state index contributed by atoms with van der Waals surface area (Å²) in [5.41, 5.74) is 42.8. The summed E-state index contributed by atoms with van der Waals surface area (Å²) in [6, 6.07) is 190. The SMILES string of the molecule is C1=CC(c2cc(-c3ccccc3)c(N3c4cc5c(cc4B4c6ccc(N7c8ccccc8C(c8ccccc8)(c8ccccc8)c8ccccc87)cc6N(c6c(-c7ccccc7)cc(-c7ccccc7)c7oc8ccccc8c67)c6cc(-c7cc(-n8c9ccccc9c9ccccc98)cc(-n8c9ccccc9c9ccccc98)c7)cc3c64)C(c3ccccc3)(c3ccccc3)c3ccccc3-5)c3c2oc2ccccc23)=CCC1. The van der Waals surface area contributed by atoms with Gasteiger partial charge in [0.1, 0.15) is 22.3 Å². The second kappa shape index (κ2) is 32.8. The number of fused-ring (bicyclic) bond motifs is 21. The smallest absolute Gasteiger partial charge is 0.252 e. The molecule has 26 aromatic rings. The zero-order valence-electron chi connectivity index (χ0n) is 80.7. The highest BCUT2D eigenvalue weighted by Crippen LogP contribution is 2.64. The molecular formula is C140H90BN5O2. The zero-order valence-corrected chi connectivity index (χ0v) is 80.7. The predicted molar refractivity (Wildman–Crippen MR) is 616 cm³/mol. The van der Waals surface area contributed by atoms with Crippen LogP contribution in [0.1, 0.15) is 62.9 Å². The van der Waals surface area contributed by atoms with Gasteiger partial charge in [0.05, 0.1) is 66.4 Å². The van der Waals surface area contributed by atoms with E-state index in [0.29, 0.717) is 0 Å². The van der Waals surface area contributed by atoms with Crippen molar-refractivity contribution in [2.45, 2.75) is 23.7 Å². The third kappa shape index (κ3) is 12.0. The Morgan fingerprint density at radius 1 is 0.230 bits per heavy atom. The molecule has 5 aliphatic rings. The molecule has 22 aromatic carbocycles. The number of anilines is 9. The molecule has 0 saturated carbocycles. The van der Waals surface area contributed by atoms with E-state index < -0.39 is 17.5 Å². The van der Waals surface area contributed by atoms with Crippen LogP contribution in [0.3, 0.4) is 0 Å². The van der Waals surface area contributed by atoms with Gasteiger partial charge in [-0.25, -0.2) is 0 Å². The molecule has 8 heteroatoms. The quantitative estimate of drug-likeness (QED) is 0.102. The summed E-state index contributed by atoms with van der Waals surface area (Å²) in [5.74, 6) is 0. The molecule has 0 fully saturated rings. The minimum absolute atomic E-state index is 0.528. The third-order valence-electron chi connectivity index (χ3n) is 32.6. The van der Waals surface area contributed by atoms with Crippen LogP contribution in [0, 0.1) is 0 Å². The van der Waals surface area contributed by atoms with Gasteiger partial charge in [0, 0.05) is 94.4 Å². The fraction of sp³-hybridized carbons (Fsp3) is 0.0286. The van der Waals surface area contributed by atoms with Gasteiger partial charge < -0.3 is 32.7 Å². The molecule has 0 spiro atoms. The molecule has 2 aliphatic carbocycles. The Labute approximate surface area is 856 Å². The van der Waals surface area contributed by atoms with Crippen molar-refractivity contribution >= 4 is 167 Å². The first kappa shape index (κ1) is 83.6. The number of para-hydroxylation sites is 8. The molecule has 31 rings (SSSR count). The normalized spacial score (nSPS) is 14.0. The lowest BCUT2D eigenvalue weighted by atomic mass is 9.33. The average Bonchev–Trinajstić information content (AvgIpc) is 1.35. The van der Waals surface area contributed by atoms with Crippen LogP contribution in [0.4, 0.5) is 51.2 Å². The first-order valence-electron chi connectivity index (χ1n) is 51.5. The predicted octanol–water partition coefficient (Wildman–Crippen LogP) is 34.7. The number of benzene rings is 22. The van der Waals surface area contributed by atoms with Crippen LogP contribution >= 0.6 is 0 Å². The van der Waals surface area contributed by atoms with Crippen LogP contribution < -0.4 is 31.1 Å². The summed E-state index contributed by atoms with van der Waals surface area (Å²) in [5, 5.41) is 8.70. The van der Waals surface area contributed by atoms with Crippen LogP contribution in [0.15, 0.2) is 531 Å². The van der Waals surface area contributed by atoms with Crippen LogP contribution in [-0.2, 0) is 10.8 Å². The lowest BCUT2D eigenvalue weighted by Crippen LogP contribution is -2.61. The van der Waals surface area contributed by atoms with Gasteiger partial charge in [-0.3, -0.25) is 0 Å². The Kier molecular flexibility index (Phi) is 18.5. The molecule has 148 heavy (non-hydrogen) atoms. The highest BCUT2D eigenvalue weighted by Gasteiger charge is 2.53. The molecule has 3 aliphatic heterocycles. The van der Waals surface area contributed by atoms with Crippen LogP contribution in [0.5, 0.6) is 0 Å². The maximum Gasteiger partial charge on any atom is 0.252 e. The second-order valence-corrected chi connectivity index (χ2v) is 40.1. The fourth-order valence-electron chi connectivity index (χ4n) is 26.6. The lowest BCUT2D eigenvalue weighted by molar-refractivity contribution is 0.667. The van der Waals surface area contributed by atoms with Crippen molar-refractivity contribution in [2.75, 3.05) is 14.7 Å². The summed E-state index contributed by atoms with van der Waals surface area (Å²) >= 11 is 0. The Morgan fingerprint density at radius 3 is 1.09 bits per heavy atom. The molecule has 0 bridgehead atoms. The van der Waals surface area contributed by atoms with E-state index >= 15 is 0 Å². The minimum Gasteiger partial charge on any atom is -0.455 e. The van der Waals surface area contributed by atoms with E-state index in [2.05, 4.69) is 546 Å². The van der Waals surface area contributed by atoms with Gasteiger partial charge >= 0.3 is 0 Å². The van der Waals surface area contributed by atoms with E-state index in [1.165, 1.54) is 71.6 Å². The lowest BCUT2D eigenvalue weighted by Gasteiger charge is -2.47. The number of furan rings is 2. The topological polar surface area (TPSA) is 45.9 Å². The molecule has 7 nitrogen and oxygen atoms in total. The standard InChI is InChI=1S/C140H90BN5O2/c1-9-43-89(44-10-1)109-85-111(91-47-13-3-14-48-91)137-132(107-64-30-41-75-130(107)147-137)135(109)145-126-84-99(142-124-73-39-33-67-115(124)140(97-55-21-7-22-56-97,98-57-23-8-24-58-98)116-68-34-40-74-125(116)142)77-78-118(126)141-119-88-117-113(102-59-25-32-66-114(102)139(117,95-51-17-5-18-52-95)96-53-19-6-20-54-96)87-127(119)146(136-110(90-45-11-2-12-46-90)86-112(92-49-15-4-16-50-92)138-133(136)108-65-31-42-76-131(108)148-138)129-82-94(81-128(145)134(129)141)93-79-100(143-120-69-35-26-60-103(120)104-61-27-36-70-121(104)143)83-101(80-93)144-122-71-37-28-62-105(122)106-63-29-38-72-123(106)144/h1-3,5-15,17-88H,4,16H2. The summed E-state index contributed by atoms with van der Waals surface area (Å²) in [6.07, 6.45) is 8.93. The van der Waals surface area contributed by atoms with Crippen molar-refractivity contribution in [3.05, 3.63) is 572 Å². The first-order valence-corrected chi connectivity index (χ1v) is 51.5. The number of allylic oxidation sites excluding steroid dienone is 4. The first-order chi connectivity index (χ1) is 73.5. The number of hydrogen-bond acceptors (Lipinski definition) is 5. The van der Waals surface area contributed by atoms with E-state index in [4.69, 9.17) is 8.83 Å². The van der Waals surface area contributed by atoms with Crippen molar-refractivity contribution < 1.29 is 8.83 Å². The van der Waals surface area contributed by atoms with Crippen LogP contribution in [0.2, 0.25) is 0 Å². The molecular weight excluding hydrogens is 1790 g/mol. The zero-order chi connectivity index (χ0) is 97.0. The fourth-order valence-corrected chi connectivity index (χ4v) is 26.6. The molecule has 0 radical (unpaired) electrons. The summed E-state index contributed by atoms with van der Waals surface area (Å²) < 4.78 is 20.6. The van der Waals surface area contributed by atoms with Gasteiger partial charge in [0.25, 0.3) is 6.71 Å². The second-order valence-electron chi connectivity index (χ2n) is 40.1. The largest absolute Gasteiger partial charge is 0.455 e. The Hall–Kier alpha value is -19.0. The monoisotopic (exact) mass is 1880 g/mol. The van der Waals surface area contributed by atoms with E-state index in [1.54, 1.807) is 0 Å². The van der Waals surface area contributed by atoms with Crippen molar-refractivity contribution in [1.29, 1.82) is 0 Å². The molecule has 0 N–H and O–H groups in total. The van der Waals surface area contributed by atoms with Gasteiger partial charge in [-0.1, -0.05) is 413 Å². The molecule has 7 heterocycles. The maximum atomic E-state index is 7.81. The number of hydrogen-bond donors (Lipinski definition) is 0. The Bertz CT molecular complexity index is 9710. The third-order valence-corrected chi connectivity index (χ3v) is 32.6. The van der Waals surface area contributed by atoms with Gasteiger partial charge in [-0.2, -0.15) is 0 Å². The number of rotatable bonds is 14. The number of aromatic nitrogens is 2. The van der Waals surface area contributed by atoms with E-state index in [9.17, 15) is 0 Å². The molecule has 0 atom stereocenters. The van der Waals surface area contributed by atoms with Crippen LogP contribution in [-0.4, -0.2) is 15.8 Å². The van der Waals surface area contributed by atoms with Gasteiger partial charge in [0.15, 0.2) is 0 Å². The minimum atomic E-state index is -0.834. The summed E-state index contributed by atoms with van der Waals surface area (Å²) in [7, 11) is 0. The Balaban J connectivity index is 0.806. The Morgan fingerprint density at radius 2 is 0.615 bits per heavy atom. The van der Waals surface area contributed by atoms with E-state index in [-0.39, 0.29) is 0 Å². The van der Waals surface area contributed by atoms with E-state index in [0.717, 1.165) is 219 Å². The molecule has 0 saturated heterocycles. The van der Waals surface area contributed by atoms with Crippen molar-refractivity contribution in [3.63, 3.8) is 0 Å². The summed E-state index contributed by atoms with van der Waals surface area (Å²) in [4.78, 5) is 8.10. The molecule has 0 amide bonds. The van der Waals surface area contributed by atoms with Crippen LogP contribution in [0.25, 0.3) is 160 Å². The van der Waals surface area contributed by atoms with Gasteiger partial charge in [-0.05, 0) is 227 Å². The van der Waals surface area contributed by atoms with Crippen molar-refractivity contribution in [2.24, 2.45) is 0 Å². The van der Waals surface area contributed by atoms with Gasteiger partial charge in [0.2, 0.25) is 0 Å². The van der Waals surface area contributed by atoms with Crippen molar-refractivity contribution in [3.8, 4) is 67.0 Å². The molecule has 690 valence electrons. The molecule has 4 aromatic heterocycles. The number of nitrogens with zero attached hydrogens (tertiary/aromatic N) is 5. The highest BCUT2D eigenvalue weighted by atomic mass is 16.3. The van der Waals surface area contributed by atoms with Crippen molar-refractivity contribution in [1.82, 2.24) is 9.13 Å². The van der Waals surface area contributed by atoms with E-state index in [1.807, 2.05) is 0 Å². The highest BCUT2D eigenvalue weighted by molar-refractivity contribution is 7.00. The molecule has 0 unspecified atom stereocenters.